The Balaban J connectivity index is 2.48. The highest BCUT2D eigenvalue weighted by Crippen LogP contribution is 2.27. The Morgan fingerprint density at radius 2 is 1.90 bits per heavy atom. The van der Waals surface area contributed by atoms with Crippen LogP contribution in [-0.4, -0.2) is 10.4 Å². The van der Waals surface area contributed by atoms with Crippen molar-refractivity contribution in [1.29, 1.82) is 5.26 Å². The van der Waals surface area contributed by atoms with Crippen molar-refractivity contribution in [1.82, 2.24) is 4.57 Å². The van der Waals surface area contributed by atoms with E-state index in [0.29, 0.717) is 21.3 Å². The van der Waals surface area contributed by atoms with Gasteiger partial charge in [0.1, 0.15) is 5.69 Å². The van der Waals surface area contributed by atoms with E-state index in [4.69, 9.17) is 28.5 Å². The van der Waals surface area contributed by atoms with Crippen LogP contribution in [0.15, 0.2) is 30.3 Å². The van der Waals surface area contributed by atoms with Gasteiger partial charge in [-0.3, -0.25) is 4.79 Å². The Morgan fingerprint density at radius 3 is 2.45 bits per heavy atom. The molecule has 0 spiro atoms. The number of nitrogens with zero attached hydrogens (tertiary/aromatic N) is 2. The van der Waals surface area contributed by atoms with Crippen molar-refractivity contribution in [3.63, 3.8) is 0 Å². The zero-order valence-corrected chi connectivity index (χ0v) is 12.5. The molecule has 1 heterocycles. The molecule has 2 aromatic rings. The van der Waals surface area contributed by atoms with Gasteiger partial charge in [-0.2, -0.15) is 5.26 Å². The second kappa shape index (κ2) is 5.70. The standard InChI is InChI=1S/C15H12Cl2N2O/c1-9(8-18)13-7-12(17)14(19(13)2)15(20)10-3-5-11(16)6-4-10/h3-7,9H,1-2H3. The minimum absolute atomic E-state index is 0.189. The molecular formula is C15H12Cl2N2O. The van der Waals surface area contributed by atoms with E-state index in [1.165, 1.54) is 0 Å². The lowest BCUT2D eigenvalue weighted by molar-refractivity contribution is 0.103. The summed E-state index contributed by atoms with van der Waals surface area (Å²) in [5, 5.41) is 9.91. The van der Waals surface area contributed by atoms with E-state index in [2.05, 4.69) is 6.07 Å². The molecular weight excluding hydrogens is 295 g/mol. The van der Waals surface area contributed by atoms with Crippen molar-refractivity contribution in [2.45, 2.75) is 12.8 Å². The van der Waals surface area contributed by atoms with Crippen molar-refractivity contribution in [2.24, 2.45) is 7.05 Å². The minimum atomic E-state index is -0.329. The van der Waals surface area contributed by atoms with Crippen molar-refractivity contribution in [2.75, 3.05) is 0 Å². The van der Waals surface area contributed by atoms with Gasteiger partial charge in [-0.25, -0.2) is 0 Å². The SMILES string of the molecule is CC(C#N)c1cc(Cl)c(C(=O)c2ccc(Cl)cc2)n1C. The third-order valence-corrected chi connectivity index (χ3v) is 3.72. The van der Waals surface area contributed by atoms with Gasteiger partial charge in [-0.1, -0.05) is 23.2 Å². The summed E-state index contributed by atoms with van der Waals surface area (Å²) in [5.74, 6) is -0.519. The highest BCUT2D eigenvalue weighted by molar-refractivity contribution is 6.35. The van der Waals surface area contributed by atoms with Crippen molar-refractivity contribution in [3.8, 4) is 6.07 Å². The van der Waals surface area contributed by atoms with Gasteiger partial charge < -0.3 is 4.57 Å². The van der Waals surface area contributed by atoms with E-state index in [0.717, 1.165) is 5.69 Å². The van der Waals surface area contributed by atoms with Crippen molar-refractivity contribution in [3.05, 3.63) is 57.3 Å². The van der Waals surface area contributed by atoms with Crippen LogP contribution < -0.4 is 0 Å². The lowest BCUT2D eigenvalue weighted by Crippen LogP contribution is -2.10. The maximum atomic E-state index is 12.5. The van der Waals surface area contributed by atoms with Gasteiger partial charge in [-0.15, -0.1) is 0 Å². The third-order valence-electron chi connectivity index (χ3n) is 3.18. The average molecular weight is 307 g/mol. The fourth-order valence-electron chi connectivity index (χ4n) is 2.06. The van der Waals surface area contributed by atoms with Gasteiger partial charge in [0, 0.05) is 23.3 Å². The zero-order valence-electron chi connectivity index (χ0n) is 11.0. The fourth-order valence-corrected chi connectivity index (χ4v) is 2.52. The van der Waals surface area contributed by atoms with Crippen LogP contribution >= 0.6 is 23.2 Å². The first-order chi connectivity index (χ1) is 9.45. The summed E-state index contributed by atoms with van der Waals surface area (Å²) in [5.41, 5.74) is 1.61. The van der Waals surface area contributed by atoms with Crippen LogP contribution in [0.25, 0.3) is 0 Å². The second-order valence-electron chi connectivity index (χ2n) is 4.51. The Labute approximate surface area is 127 Å². The predicted octanol–water partition coefficient (Wildman–Crippen LogP) is 4.19. The highest BCUT2D eigenvalue weighted by atomic mass is 35.5. The summed E-state index contributed by atoms with van der Waals surface area (Å²) < 4.78 is 1.67. The molecule has 0 saturated carbocycles. The topological polar surface area (TPSA) is 45.8 Å². The first kappa shape index (κ1) is 14.6. The molecule has 0 N–H and O–H groups in total. The number of aromatic nitrogens is 1. The van der Waals surface area contributed by atoms with Gasteiger partial charge in [0.05, 0.1) is 17.0 Å². The Kier molecular flexibility index (Phi) is 4.17. The van der Waals surface area contributed by atoms with E-state index < -0.39 is 0 Å². The quantitative estimate of drug-likeness (QED) is 0.798. The number of carbonyl (C=O) groups is 1. The van der Waals surface area contributed by atoms with Gasteiger partial charge in [0.15, 0.2) is 0 Å². The molecule has 20 heavy (non-hydrogen) atoms. The maximum Gasteiger partial charge on any atom is 0.210 e. The third kappa shape index (κ3) is 2.58. The van der Waals surface area contributed by atoms with Crippen LogP contribution in [0.1, 0.15) is 34.6 Å². The number of hydrogen-bond acceptors (Lipinski definition) is 2. The Bertz CT molecular complexity index is 696. The minimum Gasteiger partial charge on any atom is -0.342 e. The molecule has 0 radical (unpaired) electrons. The van der Waals surface area contributed by atoms with Gasteiger partial charge in [-0.05, 0) is 37.3 Å². The smallest absolute Gasteiger partial charge is 0.210 e. The van der Waals surface area contributed by atoms with E-state index in [1.54, 1.807) is 48.9 Å². The van der Waals surface area contributed by atoms with E-state index in [9.17, 15) is 4.79 Å². The molecule has 1 unspecified atom stereocenters. The number of benzene rings is 1. The van der Waals surface area contributed by atoms with Crippen LogP contribution in [0.5, 0.6) is 0 Å². The van der Waals surface area contributed by atoms with E-state index in [-0.39, 0.29) is 11.7 Å². The lowest BCUT2D eigenvalue weighted by Gasteiger charge is -2.08. The lowest BCUT2D eigenvalue weighted by atomic mass is 10.1. The normalized spacial score (nSPS) is 11.9. The van der Waals surface area contributed by atoms with Gasteiger partial charge >= 0.3 is 0 Å². The molecule has 0 saturated heterocycles. The molecule has 0 aliphatic rings. The Hall–Kier alpha value is -1.76. The summed E-state index contributed by atoms with van der Waals surface area (Å²) in [4.78, 5) is 12.5. The molecule has 0 aliphatic carbocycles. The van der Waals surface area contributed by atoms with Gasteiger partial charge in [0.2, 0.25) is 5.78 Å². The second-order valence-corrected chi connectivity index (χ2v) is 5.36. The molecule has 1 aromatic carbocycles. The average Bonchev–Trinajstić information content (AvgIpc) is 2.73. The maximum absolute atomic E-state index is 12.5. The first-order valence-corrected chi connectivity index (χ1v) is 6.76. The van der Waals surface area contributed by atoms with Crippen LogP contribution in [0.3, 0.4) is 0 Å². The summed E-state index contributed by atoms with van der Waals surface area (Å²) in [6.45, 7) is 1.77. The van der Waals surface area contributed by atoms with Gasteiger partial charge in [0.25, 0.3) is 0 Å². The van der Waals surface area contributed by atoms with Crippen LogP contribution in [0, 0.1) is 11.3 Å². The summed E-state index contributed by atoms with van der Waals surface area (Å²) in [7, 11) is 1.73. The number of ketones is 1. The molecule has 0 bridgehead atoms. The number of halogens is 2. The highest BCUT2D eigenvalue weighted by Gasteiger charge is 2.21. The van der Waals surface area contributed by atoms with E-state index in [1.807, 2.05) is 0 Å². The number of rotatable bonds is 3. The fraction of sp³-hybridized carbons (Fsp3) is 0.200. The first-order valence-electron chi connectivity index (χ1n) is 6.00. The molecule has 1 atom stereocenters. The largest absolute Gasteiger partial charge is 0.342 e. The zero-order chi connectivity index (χ0) is 14.9. The molecule has 1 aromatic heterocycles. The number of hydrogen-bond donors (Lipinski definition) is 0. The molecule has 5 heteroatoms. The predicted molar refractivity (Wildman–Crippen MR) is 79.3 cm³/mol. The van der Waals surface area contributed by atoms with Crippen molar-refractivity contribution >= 4 is 29.0 Å². The Morgan fingerprint density at radius 1 is 1.30 bits per heavy atom. The molecule has 0 fully saturated rings. The van der Waals surface area contributed by atoms with Crippen LogP contribution in [0.4, 0.5) is 0 Å². The number of nitriles is 1. The van der Waals surface area contributed by atoms with Crippen molar-refractivity contribution < 1.29 is 4.79 Å². The molecule has 0 amide bonds. The molecule has 2 rings (SSSR count). The van der Waals surface area contributed by atoms with Crippen LogP contribution in [-0.2, 0) is 7.05 Å². The monoisotopic (exact) mass is 306 g/mol. The van der Waals surface area contributed by atoms with Crippen LogP contribution in [0.2, 0.25) is 10.0 Å². The van der Waals surface area contributed by atoms with E-state index >= 15 is 0 Å². The number of carbonyl (C=O) groups excluding carboxylic acids is 1. The molecule has 0 aliphatic heterocycles. The summed E-state index contributed by atoms with van der Waals surface area (Å²) >= 11 is 12.0. The molecule has 102 valence electrons. The summed E-state index contributed by atoms with van der Waals surface area (Å²) in [6.07, 6.45) is 0. The summed E-state index contributed by atoms with van der Waals surface area (Å²) in [6, 6.07) is 10.4. The molecule has 3 nitrogen and oxygen atoms in total.